The van der Waals surface area contributed by atoms with Crippen LogP contribution in [0.2, 0.25) is 0 Å². The Labute approximate surface area is 140 Å². The van der Waals surface area contributed by atoms with Gasteiger partial charge in [0.15, 0.2) is 5.82 Å². The molecule has 3 fully saturated rings. The Balaban J connectivity index is 1.59. The second-order valence-corrected chi connectivity index (χ2v) is 6.94. The van der Waals surface area contributed by atoms with Gasteiger partial charge in [0.1, 0.15) is 11.5 Å². The summed E-state index contributed by atoms with van der Waals surface area (Å²) >= 11 is 0. The van der Waals surface area contributed by atoms with Crippen molar-refractivity contribution in [1.82, 2.24) is 30.8 Å². The third-order valence-electron chi connectivity index (χ3n) is 5.22. The third-order valence-corrected chi connectivity index (χ3v) is 5.22. The highest BCUT2D eigenvalue weighted by atomic mass is 19.4. The monoisotopic (exact) mass is 358 g/mol. The average molecular weight is 358 g/mol. The lowest BCUT2D eigenvalue weighted by atomic mass is 9.99. The molecule has 2 amide bonds. The SMILES string of the molecule is O=C(NC1CC1)C1CCCN1C(=O)C1(c2nn[nH]n2)CC1C(F)(F)F. The van der Waals surface area contributed by atoms with Gasteiger partial charge in [0.2, 0.25) is 11.8 Å². The van der Waals surface area contributed by atoms with E-state index in [1.165, 1.54) is 4.90 Å². The summed E-state index contributed by atoms with van der Waals surface area (Å²) < 4.78 is 39.8. The number of nitrogens with zero attached hydrogens (tertiary/aromatic N) is 4. The standard InChI is InChI=1S/C14H17F3N6O2/c15-14(16,17)9-6-13(9,11-19-21-22-20-11)12(25)23-5-1-2-8(23)10(24)18-7-3-4-7/h7-9H,1-6H2,(H,18,24)(H,19,20,21,22). The van der Waals surface area contributed by atoms with Gasteiger partial charge in [0.25, 0.3) is 0 Å². The molecule has 25 heavy (non-hydrogen) atoms. The smallest absolute Gasteiger partial charge is 0.352 e. The van der Waals surface area contributed by atoms with E-state index in [-0.39, 0.29) is 24.3 Å². The Hall–Kier alpha value is -2.20. The highest BCUT2D eigenvalue weighted by Crippen LogP contribution is 2.61. The topological polar surface area (TPSA) is 104 Å². The van der Waals surface area contributed by atoms with Crippen LogP contribution < -0.4 is 5.32 Å². The highest BCUT2D eigenvalue weighted by Gasteiger charge is 2.75. The van der Waals surface area contributed by atoms with E-state index in [0.717, 1.165) is 12.8 Å². The molecule has 3 unspecified atom stereocenters. The van der Waals surface area contributed by atoms with Crippen LogP contribution in [0.5, 0.6) is 0 Å². The Morgan fingerprint density at radius 2 is 2.04 bits per heavy atom. The van der Waals surface area contributed by atoms with E-state index < -0.39 is 35.9 Å². The first-order valence-electron chi connectivity index (χ1n) is 8.26. The van der Waals surface area contributed by atoms with Gasteiger partial charge in [0.05, 0.1) is 5.92 Å². The van der Waals surface area contributed by atoms with Crippen LogP contribution in [0, 0.1) is 5.92 Å². The first kappa shape index (κ1) is 16.3. The number of hydrogen-bond acceptors (Lipinski definition) is 5. The number of aromatic nitrogens is 4. The molecule has 0 spiro atoms. The molecule has 2 aliphatic carbocycles. The van der Waals surface area contributed by atoms with Gasteiger partial charge in [-0.25, -0.2) is 0 Å². The largest absolute Gasteiger partial charge is 0.393 e. The lowest BCUT2D eigenvalue weighted by Gasteiger charge is -2.28. The van der Waals surface area contributed by atoms with Crippen LogP contribution in [0.1, 0.15) is 37.9 Å². The fourth-order valence-electron chi connectivity index (χ4n) is 3.65. The zero-order valence-electron chi connectivity index (χ0n) is 13.2. The fourth-order valence-corrected chi connectivity index (χ4v) is 3.65. The molecule has 0 bridgehead atoms. The summed E-state index contributed by atoms with van der Waals surface area (Å²) in [6.45, 7) is 0.256. The Morgan fingerprint density at radius 1 is 1.28 bits per heavy atom. The van der Waals surface area contributed by atoms with Crippen molar-refractivity contribution in [2.75, 3.05) is 6.54 Å². The van der Waals surface area contributed by atoms with Gasteiger partial charge < -0.3 is 10.2 Å². The molecule has 1 saturated heterocycles. The van der Waals surface area contributed by atoms with Gasteiger partial charge in [-0.05, 0) is 32.1 Å². The van der Waals surface area contributed by atoms with E-state index in [1.807, 2.05) is 0 Å². The summed E-state index contributed by atoms with van der Waals surface area (Å²) in [5, 5.41) is 15.5. The number of likely N-dealkylation sites (tertiary alicyclic amines) is 1. The van der Waals surface area contributed by atoms with Crippen LogP contribution in [0.15, 0.2) is 0 Å². The van der Waals surface area contributed by atoms with E-state index in [4.69, 9.17) is 0 Å². The molecule has 1 aliphatic heterocycles. The maximum absolute atomic E-state index is 13.3. The minimum atomic E-state index is -4.54. The van der Waals surface area contributed by atoms with Gasteiger partial charge in [-0.15, -0.1) is 10.2 Å². The van der Waals surface area contributed by atoms with Gasteiger partial charge >= 0.3 is 6.18 Å². The molecule has 2 saturated carbocycles. The van der Waals surface area contributed by atoms with Gasteiger partial charge in [0, 0.05) is 12.6 Å². The average Bonchev–Trinajstić information content (AvgIpc) is 3.39. The number of amides is 2. The van der Waals surface area contributed by atoms with Gasteiger partial charge in [-0.2, -0.15) is 18.4 Å². The lowest BCUT2D eigenvalue weighted by Crippen LogP contribution is -2.50. The summed E-state index contributed by atoms with van der Waals surface area (Å²) in [5.74, 6) is -3.13. The Morgan fingerprint density at radius 3 is 2.60 bits per heavy atom. The first-order chi connectivity index (χ1) is 11.8. The first-order valence-corrected chi connectivity index (χ1v) is 8.26. The minimum Gasteiger partial charge on any atom is -0.352 e. The lowest BCUT2D eigenvalue weighted by molar-refractivity contribution is -0.161. The van der Waals surface area contributed by atoms with Crippen molar-refractivity contribution in [2.45, 2.75) is 55.8 Å². The van der Waals surface area contributed by atoms with E-state index in [0.29, 0.717) is 12.8 Å². The van der Waals surface area contributed by atoms with Crippen molar-refractivity contribution in [3.8, 4) is 0 Å². The summed E-state index contributed by atoms with van der Waals surface area (Å²) in [7, 11) is 0. The van der Waals surface area contributed by atoms with Gasteiger partial charge in [-0.1, -0.05) is 5.21 Å². The summed E-state index contributed by atoms with van der Waals surface area (Å²) in [6.07, 6.45) is -2.13. The molecule has 8 nitrogen and oxygen atoms in total. The predicted molar refractivity (Wildman–Crippen MR) is 75.9 cm³/mol. The van der Waals surface area contributed by atoms with E-state index in [9.17, 15) is 22.8 Å². The van der Waals surface area contributed by atoms with Crippen LogP contribution in [0.3, 0.4) is 0 Å². The number of carbonyl (C=O) groups is 2. The van der Waals surface area contributed by atoms with Crippen LogP contribution >= 0.6 is 0 Å². The molecular weight excluding hydrogens is 341 g/mol. The quantitative estimate of drug-likeness (QED) is 0.805. The predicted octanol–water partition coefficient (Wildman–Crippen LogP) is 0.289. The van der Waals surface area contributed by atoms with Crippen molar-refractivity contribution < 1.29 is 22.8 Å². The molecule has 1 aromatic rings. The van der Waals surface area contributed by atoms with Crippen LogP contribution in [0.4, 0.5) is 13.2 Å². The van der Waals surface area contributed by atoms with E-state index in [1.54, 1.807) is 0 Å². The molecule has 2 N–H and O–H groups in total. The van der Waals surface area contributed by atoms with Crippen molar-refractivity contribution in [3.63, 3.8) is 0 Å². The molecule has 0 radical (unpaired) electrons. The minimum absolute atomic E-state index is 0.125. The van der Waals surface area contributed by atoms with Crippen LogP contribution in [-0.2, 0) is 15.0 Å². The second-order valence-electron chi connectivity index (χ2n) is 6.94. The molecule has 4 rings (SSSR count). The zero-order chi connectivity index (χ0) is 17.8. The Bertz CT molecular complexity index is 689. The normalized spacial score (nSPS) is 31.9. The number of halogens is 3. The molecule has 2 heterocycles. The number of rotatable bonds is 4. The van der Waals surface area contributed by atoms with Crippen molar-refractivity contribution in [1.29, 1.82) is 0 Å². The molecule has 11 heteroatoms. The maximum Gasteiger partial charge on any atom is 0.393 e. The molecule has 3 atom stereocenters. The highest BCUT2D eigenvalue weighted by molar-refractivity contribution is 5.95. The number of H-pyrrole nitrogens is 1. The molecule has 1 aromatic heterocycles. The summed E-state index contributed by atoms with van der Waals surface area (Å²) in [5.41, 5.74) is -1.87. The van der Waals surface area contributed by atoms with Crippen molar-refractivity contribution in [3.05, 3.63) is 5.82 Å². The maximum atomic E-state index is 13.3. The number of aromatic amines is 1. The number of hydrogen-bond donors (Lipinski definition) is 2. The molecule has 3 aliphatic rings. The number of alkyl halides is 3. The van der Waals surface area contributed by atoms with E-state index in [2.05, 4.69) is 25.9 Å². The third kappa shape index (κ3) is 2.65. The Kier molecular flexibility index (Phi) is 3.51. The number of carbonyl (C=O) groups excluding carboxylic acids is 2. The fraction of sp³-hybridized carbons (Fsp3) is 0.786. The molecular formula is C14H17F3N6O2. The summed E-state index contributed by atoms with van der Waals surface area (Å²) in [4.78, 5) is 26.6. The van der Waals surface area contributed by atoms with Gasteiger partial charge in [-0.3, -0.25) is 9.59 Å². The molecule has 136 valence electrons. The van der Waals surface area contributed by atoms with Crippen LogP contribution in [-0.4, -0.2) is 62.1 Å². The number of nitrogens with one attached hydrogen (secondary N) is 2. The zero-order valence-corrected chi connectivity index (χ0v) is 13.2. The molecule has 0 aromatic carbocycles. The second kappa shape index (κ2) is 5.40. The number of tetrazole rings is 1. The van der Waals surface area contributed by atoms with Crippen molar-refractivity contribution in [2.24, 2.45) is 5.92 Å². The summed E-state index contributed by atoms with van der Waals surface area (Å²) in [6, 6.07) is -0.605. The van der Waals surface area contributed by atoms with E-state index >= 15 is 0 Å². The van der Waals surface area contributed by atoms with Crippen LogP contribution in [0.25, 0.3) is 0 Å². The van der Waals surface area contributed by atoms with Crippen molar-refractivity contribution >= 4 is 11.8 Å².